The topological polar surface area (TPSA) is 46.6 Å². The summed E-state index contributed by atoms with van der Waals surface area (Å²) in [5.41, 5.74) is 0.984. The first-order chi connectivity index (χ1) is 7.63. The van der Waals surface area contributed by atoms with Gasteiger partial charge in [0.2, 0.25) is 0 Å². The first-order valence-corrected chi connectivity index (χ1v) is 5.08. The van der Waals surface area contributed by atoms with Crippen LogP contribution in [0.15, 0.2) is 30.3 Å². The normalized spacial score (nSPS) is 12.2. The second kappa shape index (κ2) is 6.02. The Morgan fingerprint density at radius 1 is 1.44 bits per heavy atom. The van der Waals surface area contributed by atoms with Gasteiger partial charge in [-0.2, -0.15) is 0 Å². The number of hydrogen-bond donors (Lipinski definition) is 0. The van der Waals surface area contributed by atoms with Gasteiger partial charge >= 0.3 is 5.97 Å². The fraction of sp³-hybridized carbons (Fsp3) is 0.333. The van der Waals surface area contributed by atoms with Gasteiger partial charge < -0.3 is 9.63 Å². The van der Waals surface area contributed by atoms with Crippen LogP contribution in [0.3, 0.4) is 0 Å². The monoisotopic (exact) mass is 221 g/mol. The van der Waals surface area contributed by atoms with Crippen LogP contribution in [0.1, 0.15) is 19.4 Å². The molecular formula is C12H15NO3. The zero-order chi connectivity index (χ0) is 12.0. The summed E-state index contributed by atoms with van der Waals surface area (Å²) in [6.45, 7) is 3.40. The number of hydrogen-bond acceptors (Lipinski definition) is 4. The molecule has 0 amide bonds. The summed E-state index contributed by atoms with van der Waals surface area (Å²) in [6, 6.07) is 9.06. The lowest BCUT2D eigenvalue weighted by atomic mass is 10.2. The van der Waals surface area contributed by atoms with E-state index < -0.39 is 12.0 Å². The van der Waals surface area contributed by atoms with E-state index in [1.165, 1.54) is 12.0 Å². The highest BCUT2D eigenvalue weighted by atomic mass is 16.7. The van der Waals surface area contributed by atoms with Gasteiger partial charge in [0.05, 0.1) is 12.6 Å². The maximum atomic E-state index is 10.9. The summed E-state index contributed by atoms with van der Waals surface area (Å²) in [5, 5.41) is 1.37. The highest BCUT2D eigenvalue weighted by Gasteiger charge is 2.16. The highest BCUT2D eigenvalue weighted by Crippen LogP contribution is 2.08. The molecule has 86 valence electrons. The number of carbonyl (C=O) groups is 2. The number of hydroxylamine groups is 2. The van der Waals surface area contributed by atoms with Gasteiger partial charge in [-0.25, -0.2) is 0 Å². The van der Waals surface area contributed by atoms with E-state index in [-0.39, 0.29) is 0 Å². The third-order valence-corrected chi connectivity index (χ3v) is 2.08. The first kappa shape index (κ1) is 12.4. The first-order valence-electron chi connectivity index (χ1n) is 5.08. The Kier molecular flexibility index (Phi) is 4.66. The predicted octanol–water partition coefficient (Wildman–Crippen LogP) is 1.55. The lowest BCUT2D eigenvalue weighted by Gasteiger charge is -2.23. The quantitative estimate of drug-likeness (QED) is 0.559. The summed E-state index contributed by atoms with van der Waals surface area (Å²) in [7, 11) is 0. The molecule has 4 nitrogen and oxygen atoms in total. The van der Waals surface area contributed by atoms with E-state index in [1.807, 2.05) is 30.3 Å². The van der Waals surface area contributed by atoms with Gasteiger partial charge in [-0.1, -0.05) is 30.3 Å². The van der Waals surface area contributed by atoms with E-state index in [1.54, 1.807) is 6.92 Å². The van der Waals surface area contributed by atoms with Crippen molar-refractivity contribution in [2.24, 2.45) is 0 Å². The van der Waals surface area contributed by atoms with E-state index in [0.29, 0.717) is 6.54 Å². The molecule has 0 N–H and O–H groups in total. The molecule has 0 saturated heterocycles. The van der Waals surface area contributed by atoms with Gasteiger partial charge in [-0.3, -0.25) is 4.79 Å². The smallest absolute Gasteiger partial charge is 0.322 e. The van der Waals surface area contributed by atoms with Crippen molar-refractivity contribution in [3.63, 3.8) is 0 Å². The molecule has 1 atom stereocenters. The maximum Gasteiger partial charge on any atom is 0.322 e. The lowest BCUT2D eigenvalue weighted by Crippen LogP contribution is -2.35. The fourth-order valence-corrected chi connectivity index (χ4v) is 1.26. The number of rotatable bonds is 5. The van der Waals surface area contributed by atoms with Crippen molar-refractivity contribution in [3.8, 4) is 0 Å². The predicted molar refractivity (Wildman–Crippen MR) is 59.3 cm³/mol. The molecule has 1 aromatic carbocycles. The molecule has 1 rings (SSSR count). The molecule has 0 unspecified atom stereocenters. The second-order valence-electron chi connectivity index (χ2n) is 3.52. The average molecular weight is 221 g/mol. The Labute approximate surface area is 94.8 Å². The van der Waals surface area contributed by atoms with Gasteiger partial charge in [0.1, 0.15) is 6.29 Å². The van der Waals surface area contributed by atoms with Gasteiger partial charge in [0, 0.05) is 6.92 Å². The van der Waals surface area contributed by atoms with Crippen LogP contribution in [0.5, 0.6) is 0 Å². The number of carbonyl (C=O) groups excluding carboxylic acids is 2. The van der Waals surface area contributed by atoms with Crippen LogP contribution in [0.25, 0.3) is 0 Å². The summed E-state index contributed by atoms with van der Waals surface area (Å²) in [6.07, 6.45) is 0.742. The third kappa shape index (κ3) is 3.82. The summed E-state index contributed by atoms with van der Waals surface area (Å²) < 4.78 is 0. The molecule has 0 aliphatic carbocycles. The molecule has 0 heterocycles. The van der Waals surface area contributed by atoms with Crippen LogP contribution in [-0.4, -0.2) is 23.4 Å². The van der Waals surface area contributed by atoms with E-state index in [9.17, 15) is 9.59 Å². The van der Waals surface area contributed by atoms with Gasteiger partial charge in [0.15, 0.2) is 0 Å². The van der Waals surface area contributed by atoms with Gasteiger partial charge in [-0.15, -0.1) is 5.06 Å². The number of aldehydes is 1. The Balaban J connectivity index is 2.70. The second-order valence-corrected chi connectivity index (χ2v) is 3.52. The molecule has 4 heteroatoms. The van der Waals surface area contributed by atoms with Gasteiger partial charge in [-0.05, 0) is 12.5 Å². The van der Waals surface area contributed by atoms with Crippen molar-refractivity contribution in [2.75, 3.05) is 0 Å². The molecule has 0 spiro atoms. The van der Waals surface area contributed by atoms with Crippen LogP contribution in [0, 0.1) is 0 Å². The van der Waals surface area contributed by atoms with Crippen LogP contribution in [0.4, 0.5) is 0 Å². The summed E-state index contributed by atoms with van der Waals surface area (Å²) >= 11 is 0. The van der Waals surface area contributed by atoms with Crippen molar-refractivity contribution >= 4 is 12.3 Å². The fourth-order valence-electron chi connectivity index (χ4n) is 1.26. The molecule has 16 heavy (non-hydrogen) atoms. The summed E-state index contributed by atoms with van der Waals surface area (Å²) in [5.74, 6) is -0.426. The highest BCUT2D eigenvalue weighted by molar-refractivity contribution is 5.66. The molecule has 0 bridgehead atoms. The number of nitrogens with zero attached hydrogens (tertiary/aromatic N) is 1. The minimum absolute atomic E-state index is 0.403. The van der Waals surface area contributed by atoms with Crippen LogP contribution in [0.2, 0.25) is 0 Å². The Morgan fingerprint density at radius 2 is 2.06 bits per heavy atom. The molecule has 0 radical (unpaired) electrons. The molecule has 0 aliphatic heterocycles. The minimum Gasteiger partial charge on any atom is -0.367 e. The van der Waals surface area contributed by atoms with Crippen molar-refractivity contribution in [2.45, 2.75) is 26.4 Å². The largest absolute Gasteiger partial charge is 0.367 e. The summed E-state index contributed by atoms with van der Waals surface area (Å²) in [4.78, 5) is 26.5. The molecular weight excluding hydrogens is 206 g/mol. The zero-order valence-electron chi connectivity index (χ0n) is 9.42. The molecule has 0 aliphatic rings. The van der Waals surface area contributed by atoms with E-state index in [2.05, 4.69) is 0 Å². The Morgan fingerprint density at radius 3 is 2.56 bits per heavy atom. The number of benzene rings is 1. The maximum absolute atomic E-state index is 10.9. The molecule has 0 aromatic heterocycles. The average Bonchev–Trinajstić information content (AvgIpc) is 2.28. The van der Waals surface area contributed by atoms with Crippen molar-refractivity contribution in [1.82, 2.24) is 5.06 Å². The van der Waals surface area contributed by atoms with Crippen LogP contribution in [-0.2, 0) is 21.0 Å². The third-order valence-electron chi connectivity index (χ3n) is 2.08. The van der Waals surface area contributed by atoms with E-state index in [0.717, 1.165) is 11.8 Å². The van der Waals surface area contributed by atoms with Crippen molar-refractivity contribution in [3.05, 3.63) is 35.9 Å². The van der Waals surface area contributed by atoms with Crippen LogP contribution < -0.4 is 0 Å². The van der Waals surface area contributed by atoms with Crippen LogP contribution >= 0.6 is 0 Å². The Bertz CT molecular complexity index is 351. The zero-order valence-corrected chi connectivity index (χ0v) is 9.42. The SMILES string of the molecule is CC(=O)ON(Cc1ccccc1)[C@@H](C)C=O. The Hall–Kier alpha value is -1.68. The van der Waals surface area contributed by atoms with Gasteiger partial charge in [0.25, 0.3) is 0 Å². The van der Waals surface area contributed by atoms with Crippen molar-refractivity contribution < 1.29 is 14.4 Å². The molecule has 1 aromatic rings. The van der Waals surface area contributed by atoms with Crippen molar-refractivity contribution in [1.29, 1.82) is 0 Å². The standard InChI is InChI=1S/C12H15NO3/c1-10(9-14)13(16-11(2)15)8-12-6-4-3-5-7-12/h3-7,9-10H,8H2,1-2H3/t10-/m0/s1. The van der Waals surface area contributed by atoms with E-state index >= 15 is 0 Å². The minimum atomic E-state index is -0.455. The van der Waals surface area contributed by atoms with E-state index in [4.69, 9.17) is 4.84 Å². The molecule has 0 fully saturated rings. The lowest BCUT2D eigenvalue weighted by molar-refractivity contribution is -0.199. The molecule has 0 saturated carbocycles.